The fraction of sp³-hybridized carbons (Fsp3) is 0.333. The summed E-state index contributed by atoms with van der Waals surface area (Å²) in [4.78, 5) is 24.7. The van der Waals surface area contributed by atoms with Crippen LogP contribution in [0.15, 0.2) is 30.0 Å². The van der Waals surface area contributed by atoms with Crippen LogP contribution >= 0.6 is 0 Å². The second-order valence-corrected chi connectivity index (χ2v) is 4.99. The number of ether oxygens (including phenoxy) is 1. The molecule has 0 spiro atoms. The van der Waals surface area contributed by atoms with Crippen LogP contribution in [0.2, 0.25) is 0 Å². The van der Waals surface area contributed by atoms with Gasteiger partial charge < -0.3 is 9.84 Å². The molecule has 4 nitrogen and oxygen atoms in total. The lowest BCUT2D eigenvalue weighted by atomic mass is 9.69. The molecule has 3 rings (SSSR count). The first-order chi connectivity index (χ1) is 9.13. The summed E-state index contributed by atoms with van der Waals surface area (Å²) in [6.07, 6.45) is 3.05. The van der Waals surface area contributed by atoms with Crippen LogP contribution in [0.5, 0.6) is 5.75 Å². The smallest absolute Gasteiger partial charge is 0.208 e. The summed E-state index contributed by atoms with van der Waals surface area (Å²) in [6.45, 7) is 0. The Labute approximate surface area is 110 Å². The molecule has 0 saturated carbocycles. The molecule has 2 aliphatic rings. The minimum Gasteiger partial charge on any atom is -0.507 e. The first-order valence-corrected chi connectivity index (χ1v) is 6.27. The molecule has 1 N–H and O–H groups in total. The first kappa shape index (κ1) is 12.0. The SMILES string of the molecule is COC1=CCC2Cc3cccc(O)c3C(=O)C2C1=O. The summed E-state index contributed by atoms with van der Waals surface area (Å²) in [7, 11) is 1.43. The Bertz CT molecular complexity index is 600. The highest BCUT2D eigenvalue weighted by Gasteiger charge is 2.44. The fourth-order valence-corrected chi connectivity index (χ4v) is 3.06. The van der Waals surface area contributed by atoms with Gasteiger partial charge in [-0.05, 0) is 36.5 Å². The fourth-order valence-electron chi connectivity index (χ4n) is 3.06. The number of fused-ring (bicyclic) bond motifs is 2. The average Bonchev–Trinajstić information content (AvgIpc) is 2.39. The van der Waals surface area contributed by atoms with Gasteiger partial charge in [-0.1, -0.05) is 12.1 Å². The molecule has 19 heavy (non-hydrogen) atoms. The summed E-state index contributed by atoms with van der Waals surface area (Å²) in [6, 6.07) is 5.05. The molecule has 0 fully saturated rings. The Morgan fingerprint density at radius 2 is 2.05 bits per heavy atom. The van der Waals surface area contributed by atoms with Crippen molar-refractivity contribution in [1.82, 2.24) is 0 Å². The standard InChI is InChI=1S/C15H14O4/c1-19-11-6-5-9-7-8-3-2-4-10(16)12(8)15(18)13(9)14(11)17/h2-4,6,9,13,16H,5,7H2,1H3. The monoisotopic (exact) mass is 258 g/mol. The lowest BCUT2D eigenvalue weighted by Gasteiger charge is -2.33. The molecule has 98 valence electrons. The van der Waals surface area contributed by atoms with Crippen molar-refractivity contribution in [3.63, 3.8) is 0 Å². The quantitative estimate of drug-likeness (QED) is 0.781. The molecule has 2 aliphatic carbocycles. The summed E-state index contributed by atoms with van der Waals surface area (Å²) < 4.78 is 5.02. The predicted molar refractivity (Wildman–Crippen MR) is 67.8 cm³/mol. The topological polar surface area (TPSA) is 63.6 Å². The third-order valence-corrected chi connectivity index (χ3v) is 3.96. The first-order valence-electron chi connectivity index (χ1n) is 6.27. The van der Waals surface area contributed by atoms with Crippen LogP contribution in [-0.2, 0) is 16.0 Å². The number of benzene rings is 1. The maximum atomic E-state index is 12.5. The molecular weight excluding hydrogens is 244 g/mol. The van der Waals surface area contributed by atoms with Crippen LogP contribution < -0.4 is 0 Å². The van der Waals surface area contributed by atoms with Crippen molar-refractivity contribution < 1.29 is 19.4 Å². The van der Waals surface area contributed by atoms with E-state index in [-0.39, 0.29) is 29.0 Å². The molecule has 0 radical (unpaired) electrons. The Hall–Kier alpha value is -2.10. The van der Waals surface area contributed by atoms with Crippen LogP contribution in [0.4, 0.5) is 0 Å². The van der Waals surface area contributed by atoms with Gasteiger partial charge in [0.1, 0.15) is 5.75 Å². The molecule has 0 heterocycles. The molecule has 0 saturated heterocycles. The van der Waals surface area contributed by atoms with E-state index in [0.717, 1.165) is 5.56 Å². The normalized spacial score (nSPS) is 25.4. The summed E-state index contributed by atoms with van der Waals surface area (Å²) in [5, 5.41) is 9.85. The molecule has 0 amide bonds. The van der Waals surface area contributed by atoms with Crippen molar-refractivity contribution >= 4 is 11.6 Å². The number of ketones is 2. The van der Waals surface area contributed by atoms with E-state index >= 15 is 0 Å². The van der Waals surface area contributed by atoms with Gasteiger partial charge in [-0.2, -0.15) is 0 Å². The second kappa shape index (κ2) is 4.23. The number of Topliss-reactive ketones (excluding diaryl/α,β-unsaturated/α-hetero) is 2. The highest BCUT2D eigenvalue weighted by Crippen LogP contribution is 2.40. The lowest BCUT2D eigenvalue weighted by Crippen LogP contribution is -2.40. The zero-order chi connectivity index (χ0) is 13.6. The highest BCUT2D eigenvalue weighted by molar-refractivity contribution is 6.18. The van der Waals surface area contributed by atoms with E-state index in [1.54, 1.807) is 12.1 Å². The highest BCUT2D eigenvalue weighted by atomic mass is 16.5. The van der Waals surface area contributed by atoms with Gasteiger partial charge in [-0.25, -0.2) is 0 Å². The average molecular weight is 258 g/mol. The van der Waals surface area contributed by atoms with E-state index < -0.39 is 5.92 Å². The minimum absolute atomic E-state index is 0.0202. The van der Waals surface area contributed by atoms with Crippen LogP contribution in [0.1, 0.15) is 22.3 Å². The molecule has 4 heteroatoms. The zero-order valence-corrected chi connectivity index (χ0v) is 10.6. The maximum absolute atomic E-state index is 12.5. The van der Waals surface area contributed by atoms with Crippen LogP contribution in [-0.4, -0.2) is 23.8 Å². The number of rotatable bonds is 1. The van der Waals surface area contributed by atoms with Crippen molar-refractivity contribution in [1.29, 1.82) is 0 Å². The zero-order valence-electron chi connectivity index (χ0n) is 10.6. The largest absolute Gasteiger partial charge is 0.507 e. The minimum atomic E-state index is -0.708. The number of aromatic hydroxyl groups is 1. The molecule has 1 aromatic carbocycles. The maximum Gasteiger partial charge on any atom is 0.208 e. The van der Waals surface area contributed by atoms with Gasteiger partial charge in [0.05, 0.1) is 18.6 Å². The van der Waals surface area contributed by atoms with Gasteiger partial charge in [0.2, 0.25) is 5.78 Å². The van der Waals surface area contributed by atoms with E-state index in [1.165, 1.54) is 13.2 Å². The van der Waals surface area contributed by atoms with Crippen LogP contribution in [0, 0.1) is 11.8 Å². The number of hydrogen-bond donors (Lipinski definition) is 1. The Morgan fingerprint density at radius 3 is 2.79 bits per heavy atom. The number of carbonyl (C=O) groups is 2. The number of allylic oxidation sites excluding steroid dienone is 2. The molecule has 2 atom stereocenters. The van der Waals surface area contributed by atoms with E-state index in [2.05, 4.69) is 0 Å². The molecule has 0 bridgehead atoms. The Kier molecular flexibility index (Phi) is 2.66. The lowest BCUT2D eigenvalue weighted by molar-refractivity contribution is -0.123. The van der Waals surface area contributed by atoms with Crippen molar-refractivity contribution in [2.45, 2.75) is 12.8 Å². The van der Waals surface area contributed by atoms with E-state index in [9.17, 15) is 14.7 Å². The molecule has 2 unspecified atom stereocenters. The Balaban J connectivity index is 2.08. The van der Waals surface area contributed by atoms with Crippen molar-refractivity contribution in [3.05, 3.63) is 41.2 Å². The van der Waals surface area contributed by atoms with Crippen LogP contribution in [0.25, 0.3) is 0 Å². The van der Waals surface area contributed by atoms with Gasteiger partial charge in [-0.15, -0.1) is 0 Å². The van der Waals surface area contributed by atoms with Gasteiger partial charge in [0.25, 0.3) is 0 Å². The van der Waals surface area contributed by atoms with Crippen molar-refractivity contribution in [3.8, 4) is 5.75 Å². The van der Waals surface area contributed by atoms with Crippen molar-refractivity contribution in [2.75, 3.05) is 7.11 Å². The van der Waals surface area contributed by atoms with Crippen LogP contribution in [0.3, 0.4) is 0 Å². The third-order valence-electron chi connectivity index (χ3n) is 3.96. The van der Waals surface area contributed by atoms with Gasteiger partial charge in [-0.3, -0.25) is 9.59 Å². The van der Waals surface area contributed by atoms with E-state index in [0.29, 0.717) is 18.4 Å². The molecule has 1 aromatic rings. The number of methoxy groups -OCH3 is 1. The molecular formula is C15H14O4. The Morgan fingerprint density at radius 1 is 1.26 bits per heavy atom. The van der Waals surface area contributed by atoms with Gasteiger partial charge in [0.15, 0.2) is 11.5 Å². The van der Waals surface area contributed by atoms with Gasteiger partial charge in [0, 0.05) is 0 Å². The summed E-state index contributed by atoms with van der Waals surface area (Å²) >= 11 is 0. The summed E-state index contributed by atoms with van der Waals surface area (Å²) in [5.41, 5.74) is 1.13. The predicted octanol–water partition coefficient (Wildman–Crippen LogP) is 1.87. The van der Waals surface area contributed by atoms with E-state index in [4.69, 9.17) is 4.74 Å². The van der Waals surface area contributed by atoms with Crippen molar-refractivity contribution in [2.24, 2.45) is 11.8 Å². The van der Waals surface area contributed by atoms with E-state index in [1.807, 2.05) is 6.07 Å². The molecule has 0 aliphatic heterocycles. The van der Waals surface area contributed by atoms with Gasteiger partial charge >= 0.3 is 0 Å². The number of phenols is 1. The molecule has 0 aromatic heterocycles. The summed E-state index contributed by atoms with van der Waals surface area (Å²) in [5.74, 6) is -1.06. The number of phenolic OH excluding ortho intramolecular Hbond substituents is 1. The number of carbonyl (C=O) groups excluding carboxylic acids is 2. The number of hydrogen-bond acceptors (Lipinski definition) is 4. The second-order valence-electron chi connectivity index (χ2n) is 4.99. The third kappa shape index (κ3) is 1.67.